The van der Waals surface area contributed by atoms with Gasteiger partial charge in [0.25, 0.3) is 0 Å². The molecule has 0 aromatic carbocycles. The second kappa shape index (κ2) is 2.27. The summed E-state index contributed by atoms with van der Waals surface area (Å²) in [6, 6.07) is 0. The molecule has 0 aliphatic heterocycles. The zero-order valence-corrected chi connectivity index (χ0v) is 5.44. The highest BCUT2D eigenvalue weighted by molar-refractivity contribution is 7.81. The van der Waals surface area contributed by atoms with Crippen LogP contribution in [-0.2, 0) is 0 Å². The quantitative estimate of drug-likeness (QED) is 0.468. The molecule has 0 fully saturated rings. The van der Waals surface area contributed by atoms with Crippen LogP contribution in [0.2, 0.25) is 0 Å². The molecule has 0 saturated heterocycles. The largest absolute Gasteiger partial charge is 0.399 e. The van der Waals surface area contributed by atoms with E-state index in [9.17, 15) is 0 Å². The number of hydrogen-bond donors (Lipinski definition) is 2. The van der Waals surface area contributed by atoms with E-state index in [2.05, 4.69) is 12.6 Å². The molecule has 0 aromatic rings. The lowest BCUT2D eigenvalue weighted by Gasteiger charge is -2.05. The summed E-state index contributed by atoms with van der Waals surface area (Å²) in [5.41, 5.74) is 6.29. The Morgan fingerprint density at radius 3 is 2.88 bits per heavy atom. The van der Waals surface area contributed by atoms with Gasteiger partial charge >= 0.3 is 0 Å². The van der Waals surface area contributed by atoms with Crippen molar-refractivity contribution >= 4 is 12.6 Å². The van der Waals surface area contributed by atoms with Crippen LogP contribution in [-0.4, -0.2) is 5.25 Å². The topological polar surface area (TPSA) is 26.0 Å². The summed E-state index contributed by atoms with van der Waals surface area (Å²) in [5.74, 6) is 0. The molecule has 0 bridgehead atoms. The van der Waals surface area contributed by atoms with Gasteiger partial charge in [-0.25, -0.2) is 0 Å². The molecule has 0 radical (unpaired) electrons. The molecular formula is C6H9NS. The summed E-state index contributed by atoms with van der Waals surface area (Å²) in [6.07, 6.45) is 6.84. The van der Waals surface area contributed by atoms with Gasteiger partial charge in [-0.05, 0) is 12.5 Å². The third kappa shape index (κ3) is 1.30. The predicted molar refractivity (Wildman–Crippen MR) is 38.8 cm³/mol. The molecule has 0 amide bonds. The van der Waals surface area contributed by atoms with Crippen molar-refractivity contribution in [2.24, 2.45) is 5.73 Å². The van der Waals surface area contributed by atoms with Crippen LogP contribution in [0.4, 0.5) is 0 Å². The van der Waals surface area contributed by atoms with Crippen molar-refractivity contribution in [3.8, 4) is 0 Å². The predicted octanol–water partition coefficient (Wildman–Crippen LogP) is 1.09. The molecule has 1 nitrogen and oxygen atoms in total. The standard InChI is InChI=1S/C6H9NS/c7-5-1-3-6(8)4-2-5/h1-3,6,8H,4,7H2. The van der Waals surface area contributed by atoms with Gasteiger partial charge in [-0.1, -0.05) is 12.2 Å². The van der Waals surface area contributed by atoms with Gasteiger partial charge in [-0.15, -0.1) is 0 Å². The van der Waals surface area contributed by atoms with Gasteiger partial charge in [0.15, 0.2) is 0 Å². The zero-order chi connectivity index (χ0) is 5.98. The summed E-state index contributed by atoms with van der Waals surface area (Å²) in [6.45, 7) is 0. The molecule has 1 aliphatic carbocycles. The lowest BCUT2D eigenvalue weighted by atomic mass is 10.1. The Morgan fingerprint density at radius 2 is 2.50 bits per heavy atom. The fourth-order valence-corrected chi connectivity index (χ4v) is 0.817. The normalized spacial score (nSPS) is 27.6. The molecule has 44 valence electrons. The van der Waals surface area contributed by atoms with E-state index in [1.807, 2.05) is 18.2 Å². The van der Waals surface area contributed by atoms with Gasteiger partial charge in [-0.2, -0.15) is 12.6 Å². The third-order valence-corrected chi connectivity index (χ3v) is 1.49. The minimum atomic E-state index is 0.377. The summed E-state index contributed by atoms with van der Waals surface area (Å²) in [5, 5.41) is 0.377. The molecule has 2 heteroatoms. The number of nitrogens with two attached hydrogens (primary N) is 1. The maximum Gasteiger partial charge on any atom is 0.0271 e. The van der Waals surface area contributed by atoms with Crippen LogP contribution in [0.1, 0.15) is 6.42 Å². The van der Waals surface area contributed by atoms with Crippen LogP contribution in [0.15, 0.2) is 23.9 Å². The van der Waals surface area contributed by atoms with E-state index in [0.717, 1.165) is 12.1 Å². The lowest BCUT2D eigenvalue weighted by Crippen LogP contribution is -2.02. The Bertz CT molecular complexity index is 137. The first kappa shape index (κ1) is 5.76. The van der Waals surface area contributed by atoms with Crippen molar-refractivity contribution in [2.75, 3.05) is 0 Å². The monoisotopic (exact) mass is 127 g/mol. The fraction of sp³-hybridized carbons (Fsp3) is 0.333. The highest BCUT2D eigenvalue weighted by Gasteiger charge is 1.99. The maximum atomic E-state index is 5.44. The van der Waals surface area contributed by atoms with Crippen molar-refractivity contribution in [1.29, 1.82) is 0 Å². The van der Waals surface area contributed by atoms with E-state index in [4.69, 9.17) is 5.73 Å². The summed E-state index contributed by atoms with van der Waals surface area (Å²) >= 11 is 4.22. The van der Waals surface area contributed by atoms with Crippen LogP contribution >= 0.6 is 12.6 Å². The van der Waals surface area contributed by atoms with E-state index >= 15 is 0 Å². The van der Waals surface area contributed by atoms with Crippen molar-refractivity contribution in [3.05, 3.63) is 23.9 Å². The second-order valence-corrected chi connectivity index (χ2v) is 2.53. The number of hydrogen-bond acceptors (Lipinski definition) is 2. The first-order chi connectivity index (χ1) is 3.79. The van der Waals surface area contributed by atoms with Crippen LogP contribution in [0, 0.1) is 0 Å². The highest BCUT2D eigenvalue weighted by atomic mass is 32.1. The first-order valence-electron chi connectivity index (χ1n) is 2.61. The fourth-order valence-electron chi connectivity index (χ4n) is 0.626. The molecule has 1 rings (SSSR count). The van der Waals surface area contributed by atoms with E-state index < -0.39 is 0 Å². The minimum absolute atomic E-state index is 0.377. The Hall–Kier alpha value is -0.370. The highest BCUT2D eigenvalue weighted by Crippen LogP contribution is 2.10. The van der Waals surface area contributed by atoms with E-state index in [1.54, 1.807) is 0 Å². The average Bonchev–Trinajstić information content (AvgIpc) is 1.77. The summed E-state index contributed by atoms with van der Waals surface area (Å²) < 4.78 is 0. The van der Waals surface area contributed by atoms with Crippen molar-refractivity contribution in [2.45, 2.75) is 11.7 Å². The third-order valence-electron chi connectivity index (χ3n) is 1.11. The van der Waals surface area contributed by atoms with Crippen molar-refractivity contribution in [1.82, 2.24) is 0 Å². The lowest BCUT2D eigenvalue weighted by molar-refractivity contribution is 1.04. The van der Waals surface area contributed by atoms with E-state index in [0.29, 0.717) is 5.25 Å². The number of thiol groups is 1. The molecule has 2 N–H and O–H groups in total. The first-order valence-corrected chi connectivity index (χ1v) is 3.12. The Kier molecular flexibility index (Phi) is 1.63. The van der Waals surface area contributed by atoms with Crippen molar-refractivity contribution in [3.63, 3.8) is 0 Å². The molecule has 0 spiro atoms. The molecule has 0 saturated carbocycles. The van der Waals surface area contributed by atoms with Gasteiger partial charge in [0, 0.05) is 10.9 Å². The van der Waals surface area contributed by atoms with Gasteiger partial charge in [0.2, 0.25) is 0 Å². The minimum Gasteiger partial charge on any atom is -0.399 e. The van der Waals surface area contributed by atoms with Crippen LogP contribution in [0.3, 0.4) is 0 Å². The molecular weight excluding hydrogens is 118 g/mol. The molecule has 1 unspecified atom stereocenters. The van der Waals surface area contributed by atoms with Crippen LogP contribution in [0.5, 0.6) is 0 Å². The van der Waals surface area contributed by atoms with Gasteiger partial charge in [-0.3, -0.25) is 0 Å². The zero-order valence-electron chi connectivity index (χ0n) is 4.54. The smallest absolute Gasteiger partial charge is 0.0271 e. The molecule has 0 aromatic heterocycles. The van der Waals surface area contributed by atoms with Gasteiger partial charge in [0.05, 0.1) is 0 Å². The van der Waals surface area contributed by atoms with Crippen LogP contribution in [0.25, 0.3) is 0 Å². The Balaban J connectivity index is 2.58. The van der Waals surface area contributed by atoms with Crippen LogP contribution < -0.4 is 5.73 Å². The maximum absolute atomic E-state index is 5.44. The Labute approximate surface area is 54.7 Å². The summed E-state index contributed by atoms with van der Waals surface area (Å²) in [4.78, 5) is 0. The average molecular weight is 127 g/mol. The second-order valence-electron chi connectivity index (χ2n) is 1.87. The SMILES string of the molecule is NC1=CCC(S)C=C1. The van der Waals surface area contributed by atoms with Crippen molar-refractivity contribution < 1.29 is 0 Å². The summed E-state index contributed by atoms with van der Waals surface area (Å²) in [7, 11) is 0. The molecule has 1 aliphatic rings. The van der Waals surface area contributed by atoms with E-state index in [1.165, 1.54) is 0 Å². The Morgan fingerprint density at radius 1 is 1.75 bits per heavy atom. The number of allylic oxidation sites excluding steroid dienone is 2. The molecule has 8 heavy (non-hydrogen) atoms. The molecule has 0 heterocycles. The molecule has 1 atom stereocenters. The van der Waals surface area contributed by atoms with Gasteiger partial charge in [0.1, 0.15) is 0 Å². The number of rotatable bonds is 0. The van der Waals surface area contributed by atoms with E-state index in [-0.39, 0.29) is 0 Å². The van der Waals surface area contributed by atoms with Gasteiger partial charge < -0.3 is 5.73 Å².